The number of anilines is 1. The highest BCUT2D eigenvalue weighted by Gasteiger charge is 2.36. The maximum Gasteiger partial charge on any atom is 0.264 e. The molecule has 152 valence electrons. The van der Waals surface area contributed by atoms with Crippen LogP contribution in [0.3, 0.4) is 0 Å². The first-order valence-electron chi connectivity index (χ1n) is 9.69. The Morgan fingerprint density at radius 2 is 1.73 bits per heavy atom. The van der Waals surface area contributed by atoms with E-state index in [4.69, 9.17) is 16.3 Å². The maximum atomic E-state index is 13.5. The van der Waals surface area contributed by atoms with Gasteiger partial charge in [-0.3, -0.25) is 9.59 Å². The van der Waals surface area contributed by atoms with Crippen LogP contribution >= 0.6 is 11.6 Å². The second-order valence-electron chi connectivity index (χ2n) is 7.13. The van der Waals surface area contributed by atoms with Crippen LogP contribution in [0.5, 0.6) is 5.75 Å². The van der Waals surface area contributed by atoms with Crippen LogP contribution in [-0.2, 0) is 9.59 Å². The molecule has 1 aliphatic heterocycles. The number of para-hydroxylation sites is 1. The lowest BCUT2D eigenvalue weighted by atomic mass is 9.95. The highest BCUT2D eigenvalue weighted by molar-refractivity contribution is 6.30. The quantitative estimate of drug-likeness (QED) is 0.666. The fraction of sp³-hybridized carbons (Fsp3) is 0.167. The van der Waals surface area contributed by atoms with E-state index in [9.17, 15) is 9.59 Å². The topological polar surface area (TPSA) is 58.6 Å². The molecule has 1 aliphatic rings. The van der Waals surface area contributed by atoms with E-state index in [1.54, 1.807) is 42.2 Å². The molecular formula is C24H21ClN2O3. The SMILES string of the molecule is C[C@@H](Oc1ccccc1)C(=O)N1CC(=O)Nc2ccc(Cl)cc2[C@H]1c1ccccc1. The molecule has 2 amide bonds. The predicted molar refractivity (Wildman–Crippen MR) is 117 cm³/mol. The standard InChI is InChI=1S/C24H21ClN2O3/c1-16(30-19-10-6-3-7-11-19)24(29)27-15-22(28)26-21-13-12-18(25)14-20(21)23(27)17-8-4-2-5-9-17/h2-14,16,23H,15H2,1H3,(H,26,28)/t16-,23-/m1/s1. The summed E-state index contributed by atoms with van der Waals surface area (Å²) in [5.74, 6) is 0.0466. The van der Waals surface area contributed by atoms with E-state index in [0.717, 1.165) is 11.1 Å². The molecule has 3 aromatic carbocycles. The first kappa shape index (κ1) is 20.0. The molecule has 0 bridgehead atoms. The van der Waals surface area contributed by atoms with Gasteiger partial charge in [0.15, 0.2) is 6.10 Å². The van der Waals surface area contributed by atoms with Crippen molar-refractivity contribution in [1.29, 1.82) is 0 Å². The third kappa shape index (κ3) is 4.16. The van der Waals surface area contributed by atoms with Gasteiger partial charge in [-0.1, -0.05) is 60.1 Å². The van der Waals surface area contributed by atoms with Crippen LogP contribution in [0.25, 0.3) is 0 Å². The van der Waals surface area contributed by atoms with Crippen LogP contribution in [0.2, 0.25) is 5.02 Å². The number of nitrogens with zero attached hydrogens (tertiary/aromatic N) is 1. The van der Waals surface area contributed by atoms with E-state index < -0.39 is 12.1 Å². The van der Waals surface area contributed by atoms with Gasteiger partial charge in [-0.2, -0.15) is 0 Å². The molecule has 0 saturated heterocycles. The minimum Gasteiger partial charge on any atom is -0.481 e. The number of benzene rings is 3. The van der Waals surface area contributed by atoms with Crippen LogP contribution in [0.4, 0.5) is 5.69 Å². The number of rotatable bonds is 4. The smallest absolute Gasteiger partial charge is 0.264 e. The van der Waals surface area contributed by atoms with Crippen LogP contribution in [0.15, 0.2) is 78.9 Å². The van der Waals surface area contributed by atoms with Crippen molar-refractivity contribution in [2.45, 2.75) is 19.1 Å². The van der Waals surface area contributed by atoms with Crippen LogP contribution in [0, 0.1) is 0 Å². The average Bonchev–Trinajstić information content (AvgIpc) is 2.90. The summed E-state index contributed by atoms with van der Waals surface area (Å²) in [5, 5.41) is 3.42. The molecule has 0 saturated carbocycles. The summed E-state index contributed by atoms with van der Waals surface area (Å²) in [6, 6.07) is 23.6. The van der Waals surface area contributed by atoms with Gasteiger partial charge in [-0.15, -0.1) is 0 Å². The first-order chi connectivity index (χ1) is 14.5. The number of carbonyl (C=O) groups is 2. The van der Waals surface area contributed by atoms with Crippen LogP contribution in [0.1, 0.15) is 24.1 Å². The van der Waals surface area contributed by atoms with Crippen molar-refractivity contribution < 1.29 is 14.3 Å². The third-order valence-corrected chi connectivity index (χ3v) is 5.25. The van der Waals surface area contributed by atoms with Gasteiger partial charge in [0.1, 0.15) is 12.3 Å². The molecule has 0 fully saturated rings. The summed E-state index contributed by atoms with van der Waals surface area (Å²) in [6.45, 7) is 1.60. The number of ether oxygens (including phenoxy) is 1. The van der Waals surface area contributed by atoms with Gasteiger partial charge in [0.2, 0.25) is 5.91 Å². The Hall–Kier alpha value is -3.31. The Morgan fingerprint density at radius 3 is 2.43 bits per heavy atom. The third-order valence-electron chi connectivity index (χ3n) is 5.01. The molecule has 1 heterocycles. The molecule has 4 rings (SSSR count). The van der Waals surface area contributed by atoms with Gasteiger partial charge in [0, 0.05) is 16.3 Å². The van der Waals surface area contributed by atoms with Crippen molar-refractivity contribution in [3.63, 3.8) is 0 Å². The van der Waals surface area contributed by atoms with Gasteiger partial charge < -0.3 is 15.0 Å². The first-order valence-corrected chi connectivity index (χ1v) is 10.1. The summed E-state index contributed by atoms with van der Waals surface area (Å²) in [4.78, 5) is 27.6. The monoisotopic (exact) mass is 420 g/mol. The molecule has 0 radical (unpaired) electrons. The zero-order valence-electron chi connectivity index (χ0n) is 16.4. The van der Waals surface area contributed by atoms with Gasteiger partial charge in [-0.25, -0.2) is 0 Å². The Morgan fingerprint density at radius 1 is 1.07 bits per heavy atom. The van der Waals surface area contributed by atoms with Crippen molar-refractivity contribution in [3.8, 4) is 5.75 Å². The molecule has 0 aromatic heterocycles. The maximum absolute atomic E-state index is 13.5. The molecule has 0 aliphatic carbocycles. The second-order valence-corrected chi connectivity index (χ2v) is 7.57. The molecule has 0 spiro atoms. The Balaban J connectivity index is 1.75. The van der Waals surface area contributed by atoms with E-state index >= 15 is 0 Å². The van der Waals surface area contributed by atoms with Crippen molar-refractivity contribution >= 4 is 29.1 Å². The molecule has 5 nitrogen and oxygen atoms in total. The van der Waals surface area contributed by atoms with E-state index in [2.05, 4.69) is 5.32 Å². The van der Waals surface area contributed by atoms with E-state index in [-0.39, 0.29) is 18.4 Å². The van der Waals surface area contributed by atoms with Gasteiger partial charge in [0.05, 0.1) is 6.04 Å². The number of hydrogen-bond donors (Lipinski definition) is 1. The summed E-state index contributed by atoms with van der Waals surface area (Å²) in [6.07, 6.45) is -0.771. The predicted octanol–water partition coefficient (Wildman–Crippen LogP) is 4.68. The molecule has 1 N–H and O–H groups in total. The summed E-state index contributed by atoms with van der Waals surface area (Å²) >= 11 is 6.28. The van der Waals surface area contributed by atoms with Crippen molar-refractivity contribution in [3.05, 3.63) is 95.0 Å². The fourth-order valence-electron chi connectivity index (χ4n) is 3.66. The Bertz CT molecular complexity index is 1060. The molecular weight excluding hydrogens is 400 g/mol. The highest BCUT2D eigenvalue weighted by atomic mass is 35.5. The van der Waals surface area contributed by atoms with Gasteiger partial charge in [0.25, 0.3) is 5.91 Å². The fourth-order valence-corrected chi connectivity index (χ4v) is 3.84. The zero-order chi connectivity index (χ0) is 21.1. The summed E-state index contributed by atoms with van der Waals surface area (Å²) < 4.78 is 5.85. The lowest BCUT2D eigenvalue weighted by Gasteiger charge is -2.32. The lowest BCUT2D eigenvalue weighted by molar-refractivity contribution is -0.142. The lowest BCUT2D eigenvalue weighted by Crippen LogP contribution is -2.45. The van der Waals surface area contributed by atoms with Crippen molar-refractivity contribution in [2.75, 3.05) is 11.9 Å². The average molecular weight is 421 g/mol. The number of hydrogen-bond acceptors (Lipinski definition) is 3. The number of halogens is 1. The van der Waals surface area contributed by atoms with Gasteiger partial charge in [-0.05, 0) is 42.8 Å². The highest BCUT2D eigenvalue weighted by Crippen LogP contribution is 2.37. The van der Waals surface area contributed by atoms with Gasteiger partial charge >= 0.3 is 0 Å². The van der Waals surface area contributed by atoms with Crippen LogP contribution in [-0.4, -0.2) is 29.4 Å². The molecule has 0 unspecified atom stereocenters. The number of fused-ring (bicyclic) bond motifs is 1. The normalized spacial score (nSPS) is 16.8. The minimum absolute atomic E-state index is 0.0901. The number of carbonyl (C=O) groups excluding carboxylic acids is 2. The van der Waals surface area contributed by atoms with E-state index in [0.29, 0.717) is 16.5 Å². The number of nitrogens with one attached hydrogen (secondary N) is 1. The second kappa shape index (κ2) is 8.59. The minimum atomic E-state index is -0.771. The van der Waals surface area contributed by atoms with E-state index in [1.165, 1.54) is 0 Å². The summed E-state index contributed by atoms with van der Waals surface area (Å²) in [5.41, 5.74) is 2.29. The molecule has 3 aromatic rings. The van der Waals surface area contributed by atoms with E-state index in [1.807, 2.05) is 48.5 Å². The number of amides is 2. The Kier molecular flexibility index (Phi) is 5.72. The zero-order valence-corrected chi connectivity index (χ0v) is 17.2. The largest absolute Gasteiger partial charge is 0.481 e. The summed E-state index contributed by atoms with van der Waals surface area (Å²) in [7, 11) is 0. The van der Waals surface area contributed by atoms with Crippen LogP contribution < -0.4 is 10.1 Å². The molecule has 30 heavy (non-hydrogen) atoms. The Labute approximate surface area is 180 Å². The van der Waals surface area contributed by atoms with Crippen molar-refractivity contribution in [2.24, 2.45) is 0 Å². The van der Waals surface area contributed by atoms with Crippen molar-refractivity contribution in [1.82, 2.24) is 4.90 Å². The molecule has 2 atom stereocenters. The molecule has 6 heteroatoms.